The topological polar surface area (TPSA) is 85.4 Å². The number of benzene rings is 3. The first-order chi connectivity index (χ1) is 15.8. The van der Waals surface area contributed by atoms with Crippen molar-refractivity contribution in [3.05, 3.63) is 95.9 Å². The molecule has 0 aliphatic carbocycles. The molecule has 0 fully saturated rings. The molecule has 0 aromatic heterocycles. The zero-order chi connectivity index (χ0) is 24.0. The zero-order valence-electron chi connectivity index (χ0n) is 17.3. The van der Waals surface area contributed by atoms with E-state index in [-0.39, 0.29) is 12.3 Å². The van der Waals surface area contributed by atoms with Crippen molar-refractivity contribution in [3.63, 3.8) is 0 Å². The van der Waals surface area contributed by atoms with E-state index in [1.165, 1.54) is 12.1 Å². The van der Waals surface area contributed by atoms with E-state index in [2.05, 4.69) is 22.0 Å². The highest BCUT2D eigenvalue weighted by atomic mass is 79.9. The third-order valence-corrected chi connectivity index (χ3v) is 5.85. The maximum Gasteiger partial charge on any atom is 0.269 e. The maximum absolute atomic E-state index is 10.9. The van der Waals surface area contributed by atoms with E-state index < -0.39 is 4.92 Å². The lowest BCUT2D eigenvalue weighted by Crippen LogP contribution is -2.01. The quantitative estimate of drug-likeness (QED) is 0.125. The van der Waals surface area contributed by atoms with E-state index in [0.717, 1.165) is 5.56 Å². The van der Waals surface area contributed by atoms with Gasteiger partial charge in [0.25, 0.3) is 5.69 Å². The number of nitro groups is 1. The second-order valence-electron chi connectivity index (χ2n) is 6.77. The van der Waals surface area contributed by atoms with E-state index in [9.17, 15) is 15.4 Å². The average Bonchev–Trinajstić information content (AvgIpc) is 2.79. The fourth-order valence-corrected chi connectivity index (χ4v) is 3.86. The number of hydrogen-bond donors (Lipinski definition) is 0. The van der Waals surface area contributed by atoms with Crippen LogP contribution in [0.15, 0.2) is 59.1 Å². The minimum absolute atomic E-state index is 0.0408. The second kappa shape index (κ2) is 11.2. The molecule has 0 aliphatic rings. The Labute approximate surface area is 209 Å². The minimum Gasteiger partial charge on any atom is -0.490 e. The van der Waals surface area contributed by atoms with Gasteiger partial charge in [-0.3, -0.25) is 10.1 Å². The molecular formula is C24H17BrCl2N2O4. The van der Waals surface area contributed by atoms with Crippen molar-refractivity contribution in [3.8, 4) is 17.6 Å². The molecule has 3 rings (SSSR count). The number of nitro benzene ring substituents is 1. The molecule has 0 heterocycles. The third kappa shape index (κ3) is 6.26. The summed E-state index contributed by atoms with van der Waals surface area (Å²) in [5, 5.41) is 21.4. The Balaban J connectivity index is 1.90. The van der Waals surface area contributed by atoms with Crippen LogP contribution in [0.3, 0.4) is 0 Å². The Kier molecular flexibility index (Phi) is 8.34. The number of ether oxygens (including phenoxy) is 2. The van der Waals surface area contributed by atoms with Crippen LogP contribution in [0.2, 0.25) is 10.0 Å². The van der Waals surface area contributed by atoms with E-state index >= 15 is 0 Å². The molecule has 33 heavy (non-hydrogen) atoms. The molecule has 0 aliphatic heterocycles. The van der Waals surface area contributed by atoms with E-state index in [0.29, 0.717) is 49.3 Å². The molecule has 0 spiro atoms. The van der Waals surface area contributed by atoms with Gasteiger partial charge < -0.3 is 9.47 Å². The fraction of sp³-hybridized carbons (Fsp3) is 0.125. The lowest BCUT2D eigenvalue weighted by atomic mass is 10.0. The lowest BCUT2D eigenvalue weighted by Gasteiger charge is -2.15. The minimum atomic E-state index is -0.484. The number of halogens is 3. The van der Waals surface area contributed by atoms with Crippen molar-refractivity contribution < 1.29 is 14.4 Å². The van der Waals surface area contributed by atoms with E-state index in [1.54, 1.807) is 42.5 Å². The number of hydrogen-bond acceptors (Lipinski definition) is 5. The number of rotatable bonds is 8. The maximum atomic E-state index is 10.9. The van der Waals surface area contributed by atoms with Gasteiger partial charge in [0.1, 0.15) is 6.61 Å². The monoisotopic (exact) mass is 546 g/mol. The number of allylic oxidation sites excluding steroid dienone is 1. The summed E-state index contributed by atoms with van der Waals surface area (Å²) in [6.07, 6.45) is 1.68. The summed E-state index contributed by atoms with van der Waals surface area (Å²) in [6.45, 7) is 2.52. The first-order valence-electron chi connectivity index (χ1n) is 9.72. The fourth-order valence-electron chi connectivity index (χ4n) is 2.97. The molecule has 3 aromatic carbocycles. The third-order valence-electron chi connectivity index (χ3n) is 4.52. The highest BCUT2D eigenvalue weighted by molar-refractivity contribution is 9.10. The molecule has 0 saturated heterocycles. The molecule has 9 heteroatoms. The van der Waals surface area contributed by atoms with Gasteiger partial charge in [-0.25, -0.2) is 0 Å². The highest BCUT2D eigenvalue weighted by Gasteiger charge is 2.14. The van der Waals surface area contributed by atoms with Crippen LogP contribution < -0.4 is 9.47 Å². The molecule has 0 bridgehead atoms. The van der Waals surface area contributed by atoms with Gasteiger partial charge in [-0.15, -0.1) is 0 Å². The van der Waals surface area contributed by atoms with E-state index in [1.807, 2.05) is 13.0 Å². The van der Waals surface area contributed by atoms with Gasteiger partial charge >= 0.3 is 0 Å². The Morgan fingerprint density at radius 1 is 1.12 bits per heavy atom. The molecular weight excluding hydrogens is 531 g/mol. The van der Waals surface area contributed by atoms with Crippen molar-refractivity contribution in [1.29, 1.82) is 5.26 Å². The highest BCUT2D eigenvalue weighted by Crippen LogP contribution is 2.38. The van der Waals surface area contributed by atoms with Gasteiger partial charge in [-0.05, 0) is 82.0 Å². The molecule has 0 saturated carbocycles. The van der Waals surface area contributed by atoms with Crippen molar-refractivity contribution in [2.45, 2.75) is 13.5 Å². The van der Waals surface area contributed by atoms with Gasteiger partial charge in [0, 0.05) is 12.1 Å². The Morgan fingerprint density at radius 2 is 1.85 bits per heavy atom. The Morgan fingerprint density at radius 3 is 2.45 bits per heavy atom. The van der Waals surface area contributed by atoms with Crippen LogP contribution in [0.1, 0.15) is 23.6 Å². The normalized spacial score (nSPS) is 11.1. The summed E-state index contributed by atoms with van der Waals surface area (Å²) in [5.41, 5.74) is 2.41. The number of nitrogens with zero attached hydrogens (tertiary/aromatic N) is 2. The summed E-state index contributed by atoms with van der Waals surface area (Å²) >= 11 is 15.6. The largest absolute Gasteiger partial charge is 0.490 e. The molecule has 0 unspecified atom stereocenters. The lowest BCUT2D eigenvalue weighted by molar-refractivity contribution is -0.384. The molecule has 0 atom stereocenters. The first kappa shape index (κ1) is 24.6. The van der Waals surface area contributed by atoms with Gasteiger partial charge in [0.05, 0.1) is 37.7 Å². The van der Waals surface area contributed by atoms with Crippen LogP contribution in [-0.4, -0.2) is 11.5 Å². The second-order valence-corrected chi connectivity index (χ2v) is 8.44. The molecule has 0 N–H and O–H groups in total. The first-order valence-corrected chi connectivity index (χ1v) is 11.3. The SMILES string of the molecule is CCOc1cc(/C=C(/C#N)c2ccc([N+](=O)[O-])cc2)cc(Br)c1OCc1ccc(Cl)c(Cl)c1. The van der Waals surface area contributed by atoms with E-state index in [4.69, 9.17) is 32.7 Å². The van der Waals surface area contributed by atoms with Crippen LogP contribution in [0, 0.1) is 21.4 Å². The van der Waals surface area contributed by atoms with Crippen LogP contribution >= 0.6 is 39.1 Å². The summed E-state index contributed by atoms with van der Waals surface area (Å²) < 4.78 is 12.4. The summed E-state index contributed by atoms with van der Waals surface area (Å²) in [5.74, 6) is 1.01. The predicted octanol–water partition coefficient (Wildman–Crippen LogP) is 7.71. The predicted molar refractivity (Wildman–Crippen MR) is 133 cm³/mol. The summed E-state index contributed by atoms with van der Waals surface area (Å²) in [7, 11) is 0. The molecule has 168 valence electrons. The van der Waals surface area contributed by atoms with Gasteiger partial charge in [0.15, 0.2) is 11.5 Å². The average molecular weight is 548 g/mol. The van der Waals surface area contributed by atoms with Gasteiger partial charge in [-0.1, -0.05) is 29.3 Å². The molecule has 6 nitrogen and oxygen atoms in total. The van der Waals surface area contributed by atoms with Crippen molar-refractivity contribution >= 4 is 56.5 Å². The van der Waals surface area contributed by atoms with Crippen LogP contribution in [0.25, 0.3) is 11.6 Å². The Hall–Kier alpha value is -3.05. The standard InChI is InChI=1S/C24H17BrCl2N2O4/c1-2-32-23-12-16(9-18(13-28)17-4-6-19(7-5-17)29(30)31)10-20(25)24(23)33-14-15-3-8-21(26)22(27)11-15/h3-12H,2,14H2,1H3/b18-9-. The van der Waals surface area contributed by atoms with Crippen molar-refractivity contribution in [2.75, 3.05) is 6.61 Å². The smallest absolute Gasteiger partial charge is 0.269 e. The summed E-state index contributed by atoms with van der Waals surface area (Å²) in [4.78, 5) is 10.4. The zero-order valence-corrected chi connectivity index (χ0v) is 20.4. The molecule has 0 radical (unpaired) electrons. The van der Waals surface area contributed by atoms with Crippen LogP contribution in [0.5, 0.6) is 11.5 Å². The number of non-ortho nitro benzene ring substituents is 1. The molecule has 0 amide bonds. The van der Waals surface area contributed by atoms with Gasteiger partial charge in [0.2, 0.25) is 0 Å². The van der Waals surface area contributed by atoms with Gasteiger partial charge in [-0.2, -0.15) is 5.26 Å². The number of nitriles is 1. The summed E-state index contributed by atoms with van der Waals surface area (Å²) in [6, 6.07) is 16.8. The van der Waals surface area contributed by atoms with Crippen molar-refractivity contribution in [1.82, 2.24) is 0 Å². The van der Waals surface area contributed by atoms with Crippen LogP contribution in [0.4, 0.5) is 5.69 Å². The van der Waals surface area contributed by atoms with Crippen molar-refractivity contribution in [2.24, 2.45) is 0 Å². The van der Waals surface area contributed by atoms with Crippen LogP contribution in [-0.2, 0) is 6.61 Å². The Bertz CT molecular complexity index is 1250. The molecule has 3 aromatic rings.